The van der Waals surface area contributed by atoms with Gasteiger partial charge in [-0.05, 0) is 34.1 Å². The molecule has 8 heteroatoms. The number of pyridine rings is 1. The largest absolute Gasteiger partial charge is 0.263 e. The first-order chi connectivity index (χ1) is 9.20. The van der Waals surface area contributed by atoms with E-state index in [0.717, 1.165) is 19.9 Å². The lowest BCUT2D eigenvalue weighted by Gasteiger charge is -1.95. The second-order valence-electron chi connectivity index (χ2n) is 3.88. The molecule has 0 bridgehead atoms. The Labute approximate surface area is 121 Å². The van der Waals surface area contributed by atoms with Crippen molar-refractivity contribution in [2.24, 2.45) is 0 Å². The van der Waals surface area contributed by atoms with Gasteiger partial charge < -0.3 is 0 Å². The molecule has 96 valence electrons. The van der Waals surface area contributed by atoms with Crippen LogP contribution in [0.4, 0.5) is 0 Å². The number of hydrogen-bond donors (Lipinski definition) is 0. The molecule has 0 amide bonds. The van der Waals surface area contributed by atoms with Crippen molar-refractivity contribution < 1.29 is 0 Å². The number of aryl methyl sites for hydroxylation is 1. The van der Waals surface area contributed by atoms with Crippen molar-refractivity contribution in [3.8, 4) is 11.4 Å². The molecule has 0 saturated carbocycles. The van der Waals surface area contributed by atoms with Gasteiger partial charge in [0.1, 0.15) is 0 Å². The number of tetrazole rings is 1. The van der Waals surface area contributed by atoms with E-state index in [4.69, 9.17) is 0 Å². The van der Waals surface area contributed by atoms with Crippen LogP contribution in [0.15, 0.2) is 29.1 Å². The maximum atomic E-state index is 4.34. The average molecular weight is 337 g/mol. The molecule has 3 aromatic rings. The van der Waals surface area contributed by atoms with Crippen LogP contribution in [0.25, 0.3) is 11.4 Å². The maximum absolute atomic E-state index is 4.34. The summed E-state index contributed by atoms with van der Waals surface area (Å²) < 4.78 is 0.888. The molecule has 0 atom stereocenters. The predicted molar refractivity (Wildman–Crippen MR) is 74.7 cm³/mol. The number of hydrogen-bond acceptors (Lipinski definition) is 6. The molecule has 0 aliphatic carbocycles. The van der Waals surface area contributed by atoms with Gasteiger partial charge in [-0.25, -0.2) is 4.98 Å². The van der Waals surface area contributed by atoms with E-state index in [9.17, 15) is 0 Å². The highest BCUT2D eigenvalue weighted by Crippen LogP contribution is 2.18. The first-order valence-corrected chi connectivity index (χ1v) is 7.12. The van der Waals surface area contributed by atoms with Gasteiger partial charge in [-0.2, -0.15) is 4.80 Å². The van der Waals surface area contributed by atoms with E-state index in [1.807, 2.05) is 19.2 Å². The number of thiazole rings is 1. The van der Waals surface area contributed by atoms with Gasteiger partial charge in [0.05, 0.1) is 11.6 Å². The van der Waals surface area contributed by atoms with Gasteiger partial charge in [-0.15, -0.1) is 21.5 Å². The zero-order chi connectivity index (χ0) is 13.2. The van der Waals surface area contributed by atoms with E-state index in [1.165, 1.54) is 0 Å². The molecule has 6 nitrogen and oxygen atoms in total. The molecule has 0 saturated heterocycles. The quantitative estimate of drug-likeness (QED) is 0.734. The van der Waals surface area contributed by atoms with Crippen LogP contribution in [-0.2, 0) is 6.54 Å². The number of aromatic nitrogens is 6. The summed E-state index contributed by atoms with van der Waals surface area (Å²) in [5.74, 6) is 0.565. The lowest BCUT2D eigenvalue weighted by atomic mass is 10.3. The third-order valence-electron chi connectivity index (χ3n) is 2.38. The minimum Gasteiger partial charge on any atom is -0.263 e. The van der Waals surface area contributed by atoms with E-state index in [1.54, 1.807) is 28.5 Å². The first-order valence-electron chi connectivity index (χ1n) is 5.51. The lowest BCUT2D eigenvalue weighted by Crippen LogP contribution is -2.02. The molecule has 0 aliphatic heterocycles. The third-order valence-corrected chi connectivity index (χ3v) is 3.71. The molecule has 0 spiro atoms. The number of rotatable bonds is 3. The van der Waals surface area contributed by atoms with Crippen molar-refractivity contribution in [3.05, 3.63) is 39.0 Å². The Hall–Kier alpha value is -1.67. The van der Waals surface area contributed by atoms with E-state index >= 15 is 0 Å². The summed E-state index contributed by atoms with van der Waals surface area (Å²) in [6.45, 7) is 2.56. The molecular weight excluding hydrogens is 328 g/mol. The average Bonchev–Trinajstić information content (AvgIpc) is 2.99. The summed E-state index contributed by atoms with van der Waals surface area (Å²) in [6, 6.07) is 1.91. The topological polar surface area (TPSA) is 69.4 Å². The fourth-order valence-corrected chi connectivity index (χ4v) is 2.71. The van der Waals surface area contributed by atoms with E-state index in [0.29, 0.717) is 12.4 Å². The van der Waals surface area contributed by atoms with E-state index < -0.39 is 0 Å². The van der Waals surface area contributed by atoms with Crippen molar-refractivity contribution >= 4 is 27.3 Å². The van der Waals surface area contributed by atoms with Crippen LogP contribution >= 0.6 is 27.3 Å². The normalized spacial score (nSPS) is 10.8. The lowest BCUT2D eigenvalue weighted by molar-refractivity contribution is 0.577. The number of halogens is 1. The summed E-state index contributed by atoms with van der Waals surface area (Å²) in [5.41, 5.74) is 0.834. The van der Waals surface area contributed by atoms with Gasteiger partial charge in [-0.3, -0.25) is 4.98 Å². The molecule has 3 aromatic heterocycles. The smallest absolute Gasteiger partial charge is 0.206 e. The minimum absolute atomic E-state index is 0.565. The van der Waals surface area contributed by atoms with Gasteiger partial charge in [0.25, 0.3) is 0 Å². The van der Waals surface area contributed by atoms with Crippen molar-refractivity contribution in [3.63, 3.8) is 0 Å². The molecule has 3 heterocycles. The highest BCUT2D eigenvalue weighted by molar-refractivity contribution is 9.10. The van der Waals surface area contributed by atoms with Crippen LogP contribution in [0, 0.1) is 6.92 Å². The fraction of sp³-hybridized carbons (Fsp3) is 0.182. The molecule has 3 rings (SSSR count). The molecule has 0 radical (unpaired) electrons. The van der Waals surface area contributed by atoms with E-state index in [-0.39, 0.29) is 0 Å². The molecule has 0 aliphatic rings. The van der Waals surface area contributed by atoms with Crippen LogP contribution in [0.5, 0.6) is 0 Å². The predicted octanol–water partition coefficient (Wildman–Crippen LogP) is 2.31. The Bertz CT molecular complexity index is 707. The highest BCUT2D eigenvalue weighted by Gasteiger charge is 2.08. The SMILES string of the molecule is Cc1ncc(Cn2nnc(-c3cncc(Br)c3)n2)s1. The first kappa shape index (κ1) is 12.4. The summed E-state index contributed by atoms with van der Waals surface area (Å²) >= 11 is 5.00. The van der Waals surface area contributed by atoms with Crippen molar-refractivity contribution in [2.45, 2.75) is 13.5 Å². The van der Waals surface area contributed by atoms with Crippen molar-refractivity contribution in [1.29, 1.82) is 0 Å². The van der Waals surface area contributed by atoms with Gasteiger partial charge in [0, 0.05) is 33.5 Å². The standard InChI is InChI=1S/C11H9BrN6S/c1-7-14-5-10(19-7)6-18-16-11(15-17-18)8-2-9(12)4-13-3-8/h2-5H,6H2,1H3. The molecule has 0 fully saturated rings. The van der Waals surface area contributed by atoms with E-state index in [2.05, 4.69) is 41.3 Å². The van der Waals surface area contributed by atoms with Gasteiger partial charge >= 0.3 is 0 Å². The molecule has 0 N–H and O–H groups in total. The molecule has 0 aromatic carbocycles. The molecule has 19 heavy (non-hydrogen) atoms. The Morgan fingerprint density at radius 2 is 2.21 bits per heavy atom. The van der Waals surface area contributed by atoms with Gasteiger partial charge in [0.2, 0.25) is 5.82 Å². The summed E-state index contributed by atoms with van der Waals surface area (Å²) in [6.07, 6.45) is 5.26. The summed E-state index contributed by atoms with van der Waals surface area (Å²) in [5, 5.41) is 13.4. The summed E-state index contributed by atoms with van der Waals surface area (Å²) in [4.78, 5) is 11.0. The Balaban J connectivity index is 1.83. The molecular formula is C11H9BrN6S. The van der Waals surface area contributed by atoms with Crippen molar-refractivity contribution in [2.75, 3.05) is 0 Å². The van der Waals surface area contributed by atoms with Crippen LogP contribution in [0.2, 0.25) is 0 Å². The molecule has 0 unspecified atom stereocenters. The third kappa shape index (κ3) is 2.85. The Morgan fingerprint density at radius 1 is 1.32 bits per heavy atom. The summed E-state index contributed by atoms with van der Waals surface area (Å²) in [7, 11) is 0. The second kappa shape index (κ2) is 5.14. The van der Waals surface area contributed by atoms with Crippen LogP contribution in [-0.4, -0.2) is 30.2 Å². The number of nitrogens with zero attached hydrogens (tertiary/aromatic N) is 6. The second-order valence-corrected chi connectivity index (χ2v) is 6.12. The Kier molecular flexibility index (Phi) is 3.34. The fourth-order valence-electron chi connectivity index (χ4n) is 1.58. The minimum atomic E-state index is 0.565. The van der Waals surface area contributed by atoms with Crippen molar-refractivity contribution in [1.82, 2.24) is 30.2 Å². The zero-order valence-electron chi connectivity index (χ0n) is 9.99. The van der Waals surface area contributed by atoms with Crippen LogP contribution in [0.1, 0.15) is 9.88 Å². The maximum Gasteiger partial charge on any atom is 0.206 e. The zero-order valence-corrected chi connectivity index (χ0v) is 12.4. The Morgan fingerprint density at radius 3 is 2.95 bits per heavy atom. The van der Waals surface area contributed by atoms with Crippen LogP contribution in [0.3, 0.4) is 0 Å². The highest BCUT2D eigenvalue weighted by atomic mass is 79.9. The van der Waals surface area contributed by atoms with Gasteiger partial charge in [0.15, 0.2) is 0 Å². The monoisotopic (exact) mass is 336 g/mol. The van der Waals surface area contributed by atoms with Gasteiger partial charge in [-0.1, -0.05) is 0 Å². The van der Waals surface area contributed by atoms with Crippen LogP contribution < -0.4 is 0 Å².